The van der Waals surface area contributed by atoms with Crippen LogP contribution in [0.25, 0.3) is 0 Å². The minimum Gasteiger partial charge on any atom is -0.332 e. The smallest absolute Gasteiger partial charge is 0.225 e. The number of carbonyl (C=O) groups excluding carboxylic acids is 2. The molecule has 2 unspecified atom stereocenters. The summed E-state index contributed by atoms with van der Waals surface area (Å²) in [5.41, 5.74) is 0. The maximum absolute atomic E-state index is 11.8. The van der Waals surface area contributed by atoms with Crippen molar-refractivity contribution < 1.29 is 9.59 Å². The summed E-state index contributed by atoms with van der Waals surface area (Å²) in [6.45, 7) is 8.15. The molecule has 0 aromatic rings. The highest BCUT2D eigenvalue weighted by Crippen LogP contribution is 2.24. The summed E-state index contributed by atoms with van der Waals surface area (Å²) in [4.78, 5) is 24.9. The molecule has 0 radical (unpaired) electrons. The van der Waals surface area contributed by atoms with E-state index in [-0.39, 0.29) is 23.7 Å². The van der Waals surface area contributed by atoms with Crippen molar-refractivity contribution in [1.29, 1.82) is 0 Å². The topological polar surface area (TPSA) is 37.4 Å². The Morgan fingerprint density at radius 3 is 2.36 bits per heavy atom. The van der Waals surface area contributed by atoms with E-state index in [1.54, 1.807) is 11.8 Å². The van der Waals surface area contributed by atoms with Crippen LogP contribution in [0.1, 0.15) is 34.1 Å². The van der Waals surface area contributed by atoms with Crippen LogP contribution in [-0.2, 0) is 9.59 Å². The average molecular weight is 197 g/mol. The van der Waals surface area contributed by atoms with Gasteiger partial charge in [0.2, 0.25) is 5.91 Å². The Morgan fingerprint density at radius 2 is 1.93 bits per heavy atom. The second-order valence-electron chi connectivity index (χ2n) is 4.61. The van der Waals surface area contributed by atoms with Crippen LogP contribution in [0, 0.1) is 11.8 Å². The zero-order valence-corrected chi connectivity index (χ0v) is 9.41. The summed E-state index contributed by atoms with van der Waals surface area (Å²) in [5, 5.41) is 0. The largest absolute Gasteiger partial charge is 0.332 e. The third kappa shape index (κ3) is 2.14. The zero-order valence-electron chi connectivity index (χ0n) is 9.41. The van der Waals surface area contributed by atoms with E-state index in [4.69, 9.17) is 0 Å². The van der Waals surface area contributed by atoms with Gasteiger partial charge in [-0.25, -0.2) is 0 Å². The fourth-order valence-electron chi connectivity index (χ4n) is 2.01. The molecule has 1 aliphatic heterocycles. The van der Waals surface area contributed by atoms with E-state index in [0.717, 1.165) is 13.0 Å². The molecule has 1 amide bonds. The van der Waals surface area contributed by atoms with Gasteiger partial charge >= 0.3 is 0 Å². The van der Waals surface area contributed by atoms with Crippen LogP contribution in [0.3, 0.4) is 0 Å². The number of rotatable bonds is 2. The molecular formula is C11H19NO2. The monoisotopic (exact) mass is 197 g/mol. The summed E-state index contributed by atoms with van der Waals surface area (Å²) in [5.74, 6) is 0.659. The van der Waals surface area contributed by atoms with Gasteiger partial charge in [0.15, 0.2) is 5.78 Å². The first-order valence-electron chi connectivity index (χ1n) is 5.24. The lowest BCUT2D eigenvalue weighted by atomic mass is 10.1. The van der Waals surface area contributed by atoms with Crippen molar-refractivity contribution >= 4 is 11.7 Å². The fraction of sp³-hybridized carbons (Fsp3) is 0.818. The minimum absolute atomic E-state index is 0.0119. The Bertz CT molecular complexity index is 248. The first-order valence-corrected chi connectivity index (χ1v) is 5.24. The molecule has 1 heterocycles. The van der Waals surface area contributed by atoms with Gasteiger partial charge in [-0.2, -0.15) is 0 Å². The fourth-order valence-corrected chi connectivity index (χ4v) is 2.01. The standard InChI is InChI=1S/C11H19NO2/c1-7(2)11(14)12-6-8(3)5-10(12)9(4)13/h7-8,10H,5-6H2,1-4H3. The van der Waals surface area contributed by atoms with Crippen LogP contribution in [0.5, 0.6) is 0 Å². The second kappa shape index (κ2) is 4.11. The Kier molecular flexibility index (Phi) is 3.29. The molecule has 0 aliphatic carbocycles. The van der Waals surface area contributed by atoms with E-state index in [1.165, 1.54) is 0 Å². The molecule has 0 saturated carbocycles. The molecule has 0 N–H and O–H groups in total. The Hall–Kier alpha value is -0.860. The minimum atomic E-state index is -0.167. The Morgan fingerprint density at radius 1 is 1.36 bits per heavy atom. The van der Waals surface area contributed by atoms with Gasteiger partial charge in [-0.05, 0) is 19.3 Å². The molecule has 3 heteroatoms. The van der Waals surface area contributed by atoms with Gasteiger partial charge in [0, 0.05) is 12.5 Å². The number of Topliss-reactive ketones (excluding diaryl/α,β-unsaturated/α-hetero) is 1. The van der Waals surface area contributed by atoms with E-state index in [1.807, 2.05) is 13.8 Å². The zero-order chi connectivity index (χ0) is 10.9. The number of amides is 1. The van der Waals surface area contributed by atoms with E-state index >= 15 is 0 Å². The molecular weight excluding hydrogens is 178 g/mol. The quantitative estimate of drug-likeness (QED) is 0.672. The van der Waals surface area contributed by atoms with Crippen molar-refractivity contribution in [2.75, 3.05) is 6.54 Å². The maximum atomic E-state index is 11.8. The van der Waals surface area contributed by atoms with Gasteiger partial charge in [-0.1, -0.05) is 20.8 Å². The predicted molar refractivity (Wildman–Crippen MR) is 54.8 cm³/mol. The lowest BCUT2D eigenvalue weighted by Crippen LogP contribution is -2.41. The SMILES string of the molecule is CC(=O)C1CC(C)CN1C(=O)C(C)C. The van der Waals surface area contributed by atoms with E-state index in [9.17, 15) is 9.59 Å². The maximum Gasteiger partial charge on any atom is 0.225 e. The van der Waals surface area contributed by atoms with Crippen LogP contribution in [-0.4, -0.2) is 29.2 Å². The van der Waals surface area contributed by atoms with Crippen LogP contribution >= 0.6 is 0 Å². The van der Waals surface area contributed by atoms with E-state index in [2.05, 4.69) is 6.92 Å². The highest BCUT2D eigenvalue weighted by molar-refractivity contribution is 5.88. The third-order valence-electron chi connectivity index (χ3n) is 2.76. The Labute approximate surface area is 85.5 Å². The van der Waals surface area contributed by atoms with Gasteiger partial charge in [0.05, 0.1) is 6.04 Å². The summed E-state index contributed by atoms with van der Waals surface area (Å²) in [6, 6.07) is -0.167. The molecule has 1 rings (SSSR count). The second-order valence-corrected chi connectivity index (χ2v) is 4.61. The molecule has 2 atom stereocenters. The molecule has 0 spiro atoms. The van der Waals surface area contributed by atoms with Crippen molar-refractivity contribution in [2.24, 2.45) is 11.8 Å². The van der Waals surface area contributed by atoms with E-state index < -0.39 is 0 Å². The van der Waals surface area contributed by atoms with E-state index in [0.29, 0.717) is 5.92 Å². The number of hydrogen-bond acceptors (Lipinski definition) is 2. The highest BCUT2D eigenvalue weighted by atomic mass is 16.2. The average Bonchev–Trinajstić information content (AvgIpc) is 2.45. The molecule has 3 nitrogen and oxygen atoms in total. The third-order valence-corrected chi connectivity index (χ3v) is 2.76. The molecule has 1 aliphatic rings. The normalized spacial score (nSPS) is 27.1. The lowest BCUT2D eigenvalue weighted by molar-refractivity contribution is -0.139. The number of ketones is 1. The molecule has 0 aromatic heterocycles. The van der Waals surface area contributed by atoms with Crippen LogP contribution in [0.15, 0.2) is 0 Å². The molecule has 1 saturated heterocycles. The van der Waals surface area contributed by atoms with Crippen molar-refractivity contribution in [3.63, 3.8) is 0 Å². The summed E-state index contributed by atoms with van der Waals surface area (Å²) >= 11 is 0. The summed E-state index contributed by atoms with van der Waals surface area (Å²) < 4.78 is 0. The van der Waals surface area contributed by atoms with Gasteiger partial charge in [-0.15, -0.1) is 0 Å². The molecule has 80 valence electrons. The van der Waals surface area contributed by atoms with Gasteiger partial charge in [0.25, 0.3) is 0 Å². The molecule has 1 fully saturated rings. The van der Waals surface area contributed by atoms with Gasteiger partial charge in [-0.3, -0.25) is 9.59 Å². The molecule has 0 aromatic carbocycles. The predicted octanol–water partition coefficient (Wildman–Crippen LogP) is 1.47. The number of hydrogen-bond donors (Lipinski definition) is 0. The number of nitrogens with zero attached hydrogens (tertiary/aromatic N) is 1. The first kappa shape index (κ1) is 11.2. The molecule has 0 bridgehead atoms. The van der Waals surface area contributed by atoms with Crippen molar-refractivity contribution in [2.45, 2.75) is 40.2 Å². The van der Waals surface area contributed by atoms with Crippen molar-refractivity contribution in [1.82, 2.24) is 4.90 Å². The first-order chi connectivity index (χ1) is 6.43. The summed E-state index contributed by atoms with van der Waals surface area (Å²) in [6.07, 6.45) is 0.827. The van der Waals surface area contributed by atoms with Crippen molar-refractivity contribution in [3.8, 4) is 0 Å². The van der Waals surface area contributed by atoms with Gasteiger partial charge in [0.1, 0.15) is 0 Å². The summed E-state index contributed by atoms with van der Waals surface area (Å²) in [7, 11) is 0. The molecule has 14 heavy (non-hydrogen) atoms. The Balaban J connectivity index is 2.76. The van der Waals surface area contributed by atoms with Crippen LogP contribution < -0.4 is 0 Å². The number of carbonyl (C=O) groups is 2. The van der Waals surface area contributed by atoms with Crippen molar-refractivity contribution in [3.05, 3.63) is 0 Å². The van der Waals surface area contributed by atoms with Crippen LogP contribution in [0.2, 0.25) is 0 Å². The van der Waals surface area contributed by atoms with Crippen LogP contribution in [0.4, 0.5) is 0 Å². The van der Waals surface area contributed by atoms with Gasteiger partial charge < -0.3 is 4.90 Å². The highest BCUT2D eigenvalue weighted by Gasteiger charge is 2.36. The number of likely N-dealkylation sites (tertiary alicyclic amines) is 1. The lowest BCUT2D eigenvalue weighted by Gasteiger charge is -2.24.